The topological polar surface area (TPSA) is 40.5 Å². The van der Waals surface area contributed by atoms with Crippen molar-refractivity contribution in [2.24, 2.45) is 0 Å². The van der Waals surface area contributed by atoms with Crippen molar-refractivity contribution in [2.45, 2.75) is 12.5 Å². The van der Waals surface area contributed by atoms with E-state index in [2.05, 4.69) is 6.04 Å². The molecule has 20 heavy (non-hydrogen) atoms. The van der Waals surface area contributed by atoms with Gasteiger partial charge < -0.3 is 5.11 Å². The first-order valence-corrected chi connectivity index (χ1v) is 6.29. The Morgan fingerprint density at radius 1 is 1.10 bits per heavy atom. The van der Waals surface area contributed by atoms with Gasteiger partial charge in [0.15, 0.2) is 0 Å². The predicted octanol–water partition coefficient (Wildman–Crippen LogP) is 2.78. The molecule has 0 aromatic heterocycles. The summed E-state index contributed by atoms with van der Waals surface area (Å²) in [7, 11) is 0. The molecule has 0 heterocycles. The lowest BCUT2D eigenvalue weighted by molar-refractivity contribution is -0.138. The van der Waals surface area contributed by atoms with E-state index in [1.54, 1.807) is 12.1 Å². The molecule has 0 bridgehead atoms. The van der Waals surface area contributed by atoms with Crippen LogP contribution >= 0.6 is 0 Å². The van der Waals surface area contributed by atoms with E-state index < -0.39 is 12.0 Å². The van der Waals surface area contributed by atoms with Gasteiger partial charge in [0.05, 0.1) is 0 Å². The van der Waals surface area contributed by atoms with Gasteiger partial charge in [-0.05, 0) is 17.7 Å². The fourth-order valence-electron chi connectivity index (χ4n) is 2.06. The van der Waals surface area contributed by atoms with Crippen LogP contribution in [-0.2, 0) is 11.2 Å². The number of rotatable bonds is 5. The summed E-state index contributed by atoms with van der Waals surface area (Å²) < 4.78 is 0. The fourth-order valence-corrected chi connectivity index (χ4v) is 2.06. The predicted molar refractivity (Wildman–Crippen MR) is 79.3 cm³/mol. The zero-order chi connectivity index (χ0) is 14.4. The number of benzene rings is 2. The normalized spacial score (nSPS) is 11.3. The lowest BCUT2D eigenvalue weighted by atomic mass is 10.0. The maximum Gasteiger partial charge on any atom is 0.327 e. The number of nitrogens with zero attached hydrogens (tertiary/aromatic N) is 1. The molecule has 0 saturated carbocycles. The molecule has 0 amide bonds. The van der Waals surface area contributed by atoms with Gasteiger partial charge in [-0.1, -0.05) is 55.0 Å². The Kier molecular flexibility index (Phi) is 4.41. The summed E-state index contributed by atoms with van der Waals surface area (Å²) in [6.07, 6.45) is 5.87. The molecule has 2 aromatic carbocycles. The number of carbonyl (C=O) groups is 1. The lowest BCUT2D eigenvalue weighted by Gasteiger charge is -2.25. The van der Waals surface area contributed by atoms with E-state index in [-0.39, 0.29) is 0 Å². The highest BCUT2D eigenvalue weighted by Crippen LogP contribution is 2.18. The van der Waals surface area contributed by atoms with E-state index in [0.717, 1.165) is 5.56 Å². The SMILES string of the molecule is C#CN(c1ccccc1)[C@@H](Cc1ccccc1)C(=O)O. The Morgan fingerprint density at radius 2 is 1.65 bits per heavy atom. The van der Waals surface area contributed by atoms with Crippen LogP contribution in [0.2, 0.25) is 0 Å². The van der Waals surface area contributed by atoms with Gasteiger partial charge in [-0.15, -0.1) is 0 Å². The van der Waals surface area contributed by atoms with Crippen LogP contribution in [0.1, 0.15) is 5.56 Å². The molecule has 1 atom stereocenters. The van der Waals surface area contributed by atoms with E-state index in [4.69, 9.17) is 6.42 Å². The van der Waals surface area contributed by atoms with E-state index in [0.29, 0.717) is 12.1 Å². The first-order chi connectivity index (χ1) is 9.72. The number of carboxylic acid groups (broad SMARTS) is 1. The third-order valence-corrected chi connectivity index (χ3v) is 3.04. The first kappa shape index (κ1) is 13.7. The number of terminal acetylenes is 1. The Hall–Kier alpha value is -2.73. The Morgan fingerprint density at radius 3 is 2.15 bits per heavy atom. The highest BCUT2D eigenvalue weighted by atomic mass is 16.4. The zero-order valence-corrected chi connectivity index (χ0v) is 10.9. The van der Waals surface area contributed by atoms with Crippen molar-refractivity contribution in [2.75, 3.05) is 4.90 Å². The van der Waals surface area contributed by atoms with Crippen LogP contribution in [-0.4, -0.2) is 17.1 Å². The second-order valence-corrected chi connectivity index (χ2v) is 4.38. The van der Waals surface area contributed by atoms with Gasteiger partial charge in [-0.25, -0.2) is 4.79 Å². The lowest BCUT2D eigenvalue weighted by Crippen LogP contribution is -2.39. The number of carboxylic acids is 1. The summed E-state index contributed by atoms with van der Waals surface area (Å²) in [6.45, 7) is 0. The maximum atomic E-state index is 11.5. The third kappa shape index (κ3) is 3.18. The fraction of sp³-hybridized carbons (Fsp3) is 0.118. The highest BCUT2D eigenvalue weighted by molar-refractivity contribution is 5.80. The summed E-state index contributed by atoms with van der Waals surface area (Å²) in [5.74, 6) is -0.935. The molecule has 1 N–H and O–H groups in total. The minimum atomic E-state index is -0.935. The van der Waals surface area contributed by atoms with Crippen molar-refractivity contribution in [3.8, 4) is 12.5 Å². The molecule has 0 spiro atoms. The van der Waals surface area contributed by atoms with Crippen LogP contribution in [0, 0.1) is 12.5 Å². The van der Waals surface area contributed by atoms with E-state index in [9.17, 15) is 9.90 Å². The third-order valence-electron chi connectivity index (χ3n) is 3.04. The van der Waals surface area contributed by atoms with E-state index >= 15 is 0 Å². The standard InChI is InChI=1S/C17H15NO2/c1-2-18(15-11-7-4-8-12-15)16(17(19)20)13-14-9-5-3-6-10-14/h1,3-12,16H,13H2,(H,19,20)/t16-/m0/s1. The molecule has 0 aliphatic carbocycles. The zero-order valence-electron chi connectivity index (χ0n) is 10.9. The monoisotopic (exact) mass is 265 g/mol. The number of hydrogen-bond acceptors (Lipinski definition) is 2. The molecular weight excluding hydrogens is 250 g/mol. The molecule has 0 saturated heterocycles. The van der Waals surface area contributed by atoms with E-state index in [1.165, 1.54) is 4.90 Å². The largest absolute Gasteiger partial charge is 0.480 e. The average Bonchev–Trinajstić information content (AvgIpc) is 2.49. The summed E-state index contributed by atoms with van der Waals surface area (Å²) in [6, 6.07) is 20.3. The second kappa shape index (κ2) is 6.44. The minimum absolute atomic E-state index is 0.356. The molecule has 0 aliphatic heterocycles. The Labute approximate surface area is 118 Å². The Bertz CT molecular complexity index is 602. The molecule has 2 rings (SSSR count). The first-order valence-electron chi connectivity index (χ1n) is 6.29. The van der Waals surface area contributed by atoms with Crippen molar-refractivity contribution in [1.29, 1.82) is 0 Å². The van der Waals surface area contributed by atoms with Gasteiger partial charge in [0.1, 0.15) is 6.04 Å². The summed E-state index contributed by atoms with van der Waals surface area (Å²) >= 11 is 0. The van der Waals surface area contributed by atoms with Crippen molar-refractivity contribution >= 4 is 11.7 Å². The van der Waals surface area contributed by atoms with Gasteiger partial charge in [-0.3, -0.25) is 4.90 Å². The van der Waals surface area contributed by atoms with Gasteiger partial charge in [0, 0.05) is 18.2 Å². The molecule has 3 nitrogen and oxygen atoms in total. The molecule has 0 radical (unpaired) electrons. The number of hydrogen-bond donors (Lipinski definition) is 1. The molecular formula is C17H15NO2. The van der Waals surface area contributed by atoms with Gasteiger partial charge >= 0.3 is 5.97 Å². The summed E-state index contributed by atoms with van der Waals surface area (Å²) in [5, 5.41) is 9.46. The van der Waals surface area contributed by atoms with E-state index in [1.807, 2.05) is 48.5 Å². The van der Waals surface area contributed by atoms with Gasteiger partial charge in [-0.2, -0.15) is 0 Å². The van der Waals surface area contributed by atoms with Crippen molar-refractivity contribution in [3.63, 3.8) is 0 Å². The molecule has 100 valence electrons. The smallest absolute Gasteiger partial charge is 0.327 e. The van der Waals surface area contributed by atoms with Gasteiger partial charge in [0.25, 0.3) is 0 Å². The van der Waals surface area contributed by atoms with Crippen LogP contribution in [0.15, 0.2) is 60.7 Å². The van der Waals surface area contributed by atoms with Crippen molar-refractivity contribution < 1.29 is 9.90 Å². The van der Waals surface area contributed by atoms with Crippen molar-refractivity contribution in [3.05, 3.63) is 66.2 Å². The molecule has 0 aliphatic rings. The number of para-hydroxylation sites is 1. The Balaban J connectivity index is 2.28. The minimum Gasteiger partial charge on any atom is -0.480 e. The summed E-state index contributed by atoms with van der Waals surface area (Å²) in [4.78, 5) is 13.0. The van der Waals surface area contributed by atoms with Crippen LogP contribution in [0.5, 0.6) is 0 Å². The molecule has 0 fully saturated rings. The van der Waals surface area contributed by atoms with Crippen LogP contribution in [0.25, 0.3) is 0 Å². The average molecular weight is 265 g/mol. The summed E-state index contributed by atoms with van der Waals surface area (Å²) in [5.41, 5.74) is 1.65. The molecule has 0 unspecified atom stereocenters. The molecule has 2 aromatic rings. The van der Waals surface area contributed by atoms with Gasteiger partial charge in [0.2, 0.25) is 0 Å². The highest BCUT2D eigenvalue weighted by Gasteiger charge is 2.25. The van der Waals surface area contributed by atoms with Crippen LogP contribution in [0.3, 0.4) is 0 Å². The van der Waals surface area contributed by atoms with Crippen LogP contribution in [0.4, 0.5) is 5.69 Å². The quantitative estimate of drug-likeness (QED) is 0.667. The van der Waals surface area contributed by atoms with Crippen molar-refractivity contribution in [1.82, 2.24) is 0 Å². The molecule has 3 heteroatoms. The number of aliphatic carboxylic acids is 1. The van der Waals surface area contributed by atoms with Crippen LogP contribution < -0.4 is 4.90 Å². The second-order valence-electron chi connectivity index (χ2n) is 4.38. The number of anilines is 1. The maximum absolute atomic E-state index is 11.5.